The second-order valence-corrected chi connectivity index (χ2v) is 6.49. The van der Waals surface area contributed by atoms with Gasteiger partial charge in [-0.1, -0.05) is 0 Å². The molecule has 0 aromatic rings. The first kappa shape index (κ1) is 12.8. The van der Waals surface area contributed by atoms with Gasteiger partial charge in [0.15, 0.2) is 0 Å². The first-order valence-corrected chi connectivity index (χ1v) is 6.45. The van der Waals surface area contributed by atoms with Crippen molar-refractivity contribution in [2.75, 3.05) is 7.05 Å². The zero-order chi connectivity index (χ0) is 13.1. The molecule has 0 amide bonds. The Bertz CT molecular complexity index is 366. The van der Waals surface area contributed by atoms with Gasteiger partial charge >= 0.3 is 0 Å². The van der Waals surface area contributed by atoms with Crippen LogP contribution in [0.3, 0.4) is 0 Å². The summed E-state index contributed by atoms with van der Waals surface area (Å²) in [5.41, 5.74) is -1.22. The molecule has 2 rings (SSSR count). The topological polar surface area (TPSA) is 49.5 Å². The maximum atomic E-state index is 12.5. The third-order valence-electron chi connectivity index (χ3n) is 4.81. The molecule has 17 heavy (non-hydrogen) atoms. The second kappa shape index (κ2) is 3.45. The van der Waals surface area contributed by atoms with Gasteiger partial charge in [-0.15, -0.1) is 0 Å². The quantitative estimate of drug-likeness (QED) is 0.560. The number of rotatable bonds is 1. The van der Waals surface area contributed by atoms with E-state index in [4.69, 9.17) is 0 Å². The van der Waals surface area contributed by atoms with E-state index in [1.807, 2.05) is 34.7 Å². The summed E-state index contributed by atoms with van der Waals surface area (Å²) in [6.45, 7) is 7.87. The Balaban J connectivity index is 2.54. The molecule has 1 aliphatic heterocycles. The van der Waals surface area contributed by atoms with Gasteiger partial charge in [0.05, 0.1) is 0 Å². The summed E-state index contributed by atoms with van der Waals surface area (Å²) < 4.78 is 1.04. The van der Waals surface area contributed by atoms with E-state index < -0.39 is 11.3 Å². The SMILES string of the molecule is CN1C(C)(C)C(C2(O)CCCC2)=[N+]([O-])C1(C)C. The van der Waals surface area contributed by atoms with Crippen molar-refractivity contribution in [3.05, 3.63) is 5.21 Å². The van der Waals surface area contributed by atoms with E-state index in [1.165, 1.54) is 0 Å². The van der Waals surface area contributed by atoms with Crippen LogP contribution in [0.15, 0.2) is 0 Å². The lowest BCUT2D eigenvalue weighted by Crippen LogP contribution is -2.55. The van der Waals surface area contributed by atoms with Crippen LogP contribution in [-0.4, -0.2) is 44.3 Å². The summed E-state index contributed by atoms with van der Waals surface area (Å²) in [6, 6.07) is 0. The van der Waals surface area contributed by atoms with Crippen molar-refractivity contribution in [1.29, 1.82) is 0 Å². The number of aliphatic hydroxyl groups is 1. The third-order valence-corrected chi connectivity index (χ3v) is 4.81. The lowest BCUT2D eigenvalue weighted by molar-refractivity contribution is -0.559. The van der Waals surface area contributed by atoms with Crippen LogP contribution in [0.1, 0.15) is 53.4 Å². The first-order valence-electron chi connectivity index (χ1n) is 6.45. The van der Waals surface area contributed by atoms with Crippen molar-refractivity contribution in [1.82, 2.24) is 4.90 Å². The fraction of sp³-hybridized carbons (Fsp3) is 0.923. The zero-order valence-electron chi connectivity index (χ0n) is 11.6. The van der Waals surface area contributed by atoms with Crippen molar-refractivity contribution < 1.29 is 9.85 Å². The fourth-order valence-corrected chi connectivity index (χ4v) is 3.46. The Morgan fingerprint density at radius 2 is 1.65 bits per heavy atom. The number of hydroxylamine groups is 1. The molecule has 0 spiro atoms. The van der Waals surface area contributed by atoms with Crippen LogP contribution in [-0.2, 0) is 0 Å². The molecule has 1 saturated carbocycles. The van der Waals surface area contributed by atoms with Gasteiger partial charge in [-0.05, 0) is 46.6 Å². The predicted octanol–water partition coefficient (Wildman–Crippen LogP) is 1.70. The highest BCUT2D eigenvalue weighted by Crippen LogP contribution is 2.42. The third kappa shape index (κ3) is 1.54. The summed E-state index contributed by atoms with van der Waals surface area (Å²) in [4.78, 5) is 2.05. The number of hydrogen-bond acceptors (Lipinski definition) is 3. The van der Waals surface area contributed by atoms with Crippen molar-refractivity contribution in [3.63, 3.8) is 0 Å². The van der Waals surface area contributed by atoms with E-state index in [0.29, 0.717) is 18.6 Å². The lowest BCUT2D eigenvalue weighted by atomic mass is 9.83. The van der Waals surface area contributed by atoms with E-state index in [2.05, 4.69) is 4.90 Å². The molecule has 0 aromatic heterocycles. The molecule has 0 atom stereocenters. The molecule has 2 aliphatic rings. The van der Waals surface area contributed by atoms with E-state index in [1.54, 1.807) is 0 Å². The van der Waals surface area contributed by atoms with Crippen molar-refractivity contribution in [2.24, 2.45) is 0 Å². The smallest absolute Gasteiger partial charge is 0.224 e. The molecule has 0 saturated heterocycles. The Morgan fingerprint density at radius 3 is 2.00 bits per heavy atom. The van der Waals surface area contributed by atoms with Crippen LogP contribution in [0.5, 0.6) is 0 Å². The molecule has 1 fully saturated rings. The van der Waals surface area contributed by atoms with Crippen molar-refractivity contribution in [2.45, 2.75) is 70.2 Å². The molecule has 1 aliphatic carbocycles. The molecule has 4 heteroatoms. The number of nitrogens with zero attached hydrogens (tertiary/aromatic N) is 2. The van der Waals surface area contributed by atoms with Gasteiger partial charge in [0.1, 0.15) is 11.1 Å². The lowest BCUT2D eigenvalue weighted by Gasteiger charge is -2.34. The van der Waals surface area contributed by atoms with Crippen LogP contribution in [0.4, 0.5) is 0 Å². The molecule has 0 bridgehead atoms. The van der Waals surface area contributed by atoms with E-state index in [0.717, 1.165) is 17.6 Å². The fourth-order valence-electron chi connectivity index (χ4n) is 3.46. The maximum Gasteiger partial charge on any atom is 0.224 e. The normalized spacial score (nSPS) is 31.2. The minimum atomic E-state index is -0.896. The molecular formula is C13H24N2O2. The Labute approximate surface area is 104 Å². The molecule has 0 unspecified atom stereocenters. The van der Waals surface area contributed by atoms with Crippen molar-refractivity contribution in [3.8, 4) is 0 Å². The van der Waals surface area contributed by atoms with Gasteiger partial charge < -0.3 is 10.3 Å². The van der Waals surface area contributed by atoms with Gasteiger partial charge in [0.2, 0.25) is 11.4 Å². The van der Waals surface area contributed by atoms with E-state index >= 15 is 0 Å². The molecule has 1 heterocycles. The van der Waals surface area contributed by atoms with Gasteiger partial charge in [0.25, 0.3) is 0 Å². The highest BCUT2D eigenvalue weighted by Gasteiger charge is 2.61. The van der Waals surface area contributed by atoms with E-state index in [-0.39, 0.29) is 5.54 Å². The van der Waals surface area contributed by atoms with Crippen LogP contribution < -0.4 is 0 Å². The Morgan fingerprint density at radius 1 is 1.18 bits per heavy atom. The van der Waals surface area contributed by atoms with Crippen LogP contribution >= 0.6 is 0 Å². The minimum Gasteiger partial charge on any atom is -0.622 e. The molecule has 98 valence electrons. The highest BCUT2D eigenvalue weighted by molar-refractivity contribution is 5.97. The average molecular weight is 240 g/mol. The van der Waals surface area contributed by atoms with Gasteiger partial charge in [-0.25, -0.2) is 4.90 Å². The highest BCUT2D eigenvalue weighted by atomic mass is 16.5. The van der Waals surface area contributed by atoms with Crippen LogP contribution in [0, 0.1) is 5.21 Å². The largest absolute Gasteiger partial charge is 0.622 e. The Kier molecular flexibility index (Phi) is 2.61. The van der Waals surface area contributed by atoms with E-state index in [9.17, 15) is 10.3 Å². The van der Waals surface area contributed by atoms with Crippen LogP contribution in [0.25, 0.3) is 0 Å². The van der Waals surface area contributed by atoms with Crippen LogP contribution in [0.2, 0.25) is 0 Å². The monoisotopic (exact) mass is 240 g/mol. The molecule has 0 radical (unpaired) electrons. The summed E-state index contributed by atoms with van der Waals surface area (Å²) in [7, 11) is 1.95. The molecule has 1 N–H and O–H groups in total. The summed E-state index contributed by atoms with van der Waals surface area (Å²) in [5, 5.41) is 23.3. The minimum absolute atomic E-state index is 0.385. The summed E-state index contributed by atoms with van der Waals surface area (Å²) in [6.07, 6.45) is 3.45. The summed E-state index contributed by atoms with van der Waals surface area (Å²) in [5.74, 6) is 0. The molecule has 0 aromatic carbocycles. The molecule has 4 nitrogen and oxygen atoms in total. The first-order chi connectivity index (χ1) is 7.64. The predicted molar refractivity (Wildman–Crippen MR) is 68.0 cm³/mol. The number of hydrogen-bond donors (Lipinski definition) is 1. The molecular weight excluding hydrogens is 216 g/mol. The summed E-state index contributed by atoms with van der Waals surface area (Å²) >= 11 is 0. The average Bonchev–Trinajstić information content (AvgIpc) is 2.67. The van der Waals surface area contributed by atoms with Gasteiger partial charge in [-0.3, -0.25) is 0 Å². The maximum absolute atomic E-state index is 12.5. The second-order valence-electron chi connectivity index (χ2n) is 6.49. The Hall–Kier alpha value is -0.610. The van der Waals surface area contributed by atoms with Gasteiger partial charge in [-0.2, -0.15) is 4.74 Å². The zero-order valence-corrected chi connectivity index (χ0v) is 11.6. The van der Waals surface area contributed by atoms with Gasteiger partial charge in [0, 0.05) is 13.8 Å². The van der Waals surface area contributed by atoms with Crippen molar-refractivity contribution >= 4 is 5.71 Å². The standard InChI is InChI=1S/C13H24N2O2/c1-11(2)10(13(16)8-6-7-9-13)15(17)12(3,4)14(11)5/h16H,6-9H2,1-5H3.